The van der Waals surface area contributed by atoms with Crippen LogP contribution in [0.5, 0.6) is 0 Å². The summed E-state index contributed by atoms with van der Waals surface area (Å²) in [5, 5.41) is 3.11. The van der Waals surface area contributed by atoms with Gasteiger partial charge in [0.25, 0.3) is 0 Å². The minimum atomic E-state index is -0.463. The van der Waals surface area contributed by atoms with Gasteiger partial charge in [-0.15, -0.1) is 0 Å². The fourth-order valence-electron chi connectivity index (χ4n) is 1.16. The van der Waals surface area contributed by atoms with Crippen LogP contribution in [0.25, 0.3) is 0 Å². The lowest BCUT2D eigenvalue weighted by Crippen LogP contribution is -1.99. The Hall–Kier alpha value is -1.84. The van der Waals surface area contributed by atoms with E-state index in [1.807, 2.05) is 18.3 Å². The Labute approximate surface area is 81.0 Å². The first-order valence-corrected chi connectivity index (χ1v) is 4.32. The Morgan fingerprint density at radius 3 is 2.93 bits per heavy atom. The second-order valence-corrected chi connectivity index (χ2v) is 2.92. The van der Waals surface area contributed by atoms with Crippen LogP contribution in [0.1, 0.15) is 5.69 Å². The predicted octanol–water partition coefficient (Wildman–Crippen LogP) is 2.16. The van der Waals surface area contributed by atoms with Crippen LogP contribution in [-0.4, -0.2) is 9.97 Å². The maximum atomic E-state index is 12.5. The van der Waals surface area contributed by atoms with Gasteiger partial charge in [0, 0.05) is 11.9 Å². The average molecular weight is 191 g/mol. The third kappa shape index (κ3) is 2.10. The molecule has 4 heteroatoms. The van der Waals surface area contributed by atoms with Crippen molar-refractivity contribution in [3.8, 4) is 0 Å². The van der Waals surface area contributed by atoms with Crippen LogP contribution in [0.3, 0.4) is 0 Å². The summed E-state index contributed by atoms with van der Waals surface area (Å²) in [5.41, 5.74) is 1.88. The number of anilines is 1. The molecule has 0 aliphatic carbocycles. The van der Waals surface area contributed by atoms with E-state index >= 15 is 0 Å². The fraction of sp³-hybridized carbons (Fsp3) is 0.100. The molecule has 0 spiro atoms. The molecule has 0 saturated carbocycles. The number of hydrogen-bond acceptors (Lipinski definition) is 2. The predicted molar refractivity (Wildman–Crippen MR) is 52.3 cm³/mol. The van der Waals surface area contributed by atoms with E-state index in [1.165, 1.54) is 12.3 Å². The van der Waals surface area contributed by atoms with E-state index in [0.717, 1.165) is 11.4 Å². The minimum Gasteiger partial charge on any atom is -0.378 e. The van der Waals surface area contributed by atoms with E-state index in [4.69, 9.17) is 0 Å². The van der Waals surface area contributed by atoms with Gasteiger partial charge in [-0.3, -0.25) is 0 Å². The lowest BCUT2D eigenvalue weighted by Gasteiger charge is -2.03. The molecule has 2 aromatic rings. The Morgan fingerprint density at radius 1 is 1.36 bits per heavy atom. The van der Waals surface area contributed by atoms with Gasteiger partial charge >= 0.3 is 0 Å². The van der Waals surface area contributed by atoms with Crippen molar-refractivity contribution in [2.24, 2.45) is 0 Å². The van der Waals surface area contributed by atoms with Gasteiger partial charge in [0.15, 0.2) is 0 Å². The van der Waals surface area contributed by atoms with Crippen molar-refractivity contribution in [3.05, 3.63) is 48.3 Å². The number of hydrogen-bond donors (Lipinski definition) is 2. The van der Waals surface area contributed by atoms with Crippen molar-refractivity contribution in [2.75, 3.05) is 5.32 Å². The van der Waals surface area contributed by atoms with Gasteiger partial charge in [0.2, 0.25) is 5.95 Å². The lowest BCUT2D eigenvalue weighted by molar-refractivity contribution is 0.584. The van der Waals surface area contributed by atoms with Gasteiger partial charge in [0.1, 0.15) is 0 Å². The van der Waals surface area contributed by atoms with Crippen molar-refractivity contribution >= 4 is 5.69 Å². The van der Waals surface area contributed by atoms with E-state index in [1.54, 1.807) is 6.07 Å². The average Bonchev–Trinajstić information content (AvgIpc) is 2.70. The largest absolute Gasteiger partial charge is 0.378 e. The van der Waals surface area contributed by atoms with Crippen molar-refractivity contribution in [1.82, 2.24) is 9.97 Å². The number of nitrogens with one attached hydrogen (secondary N) is 2. The van der Waals surface area contributed by atoms with Gasteiger partial charge in [-0.1, -0.05) is 0 Å². The highest BCUT2D eigenvalue weighted by Gasteiger charge is 1.95. The first-order chi connectivity index (χ1) is 6.84. The Bertz CT molecular complexity index is 380. The number of aromatic amines is 1. The summed E-state index contributed by atoms with van der Waals surface area (Å²) in [7, 11) is 0. The third-order valence-electron chi connectivity index (χ3n) is 1.87. The zero-order valence-electron chi connectivity index (χ0n) is 7.50. The standard InChI is InChI=1S/C10H10FN3/c11-10-4-3-9(7-14-10)13-6-8-2-1-5-12-8/h1-5,7,12-13H,6H2. The number of aromatic nitrogens is 2. The first-order valence-electron chi connectivity index (χ1n) is 4.32. The molecule has 0 aliphatic rings. The van der Waals surface area contributed by atoms with Crippen LogP contribution in [0.4, 0.5) is 10.1 Å². The quantitative estimate of drug-likeness (QED) is 0.730. The molecule has 3 nitrogen and oxygen atoms in total. The van der Waals surface area contributed by atoms with E-state index in [9.17, 15) is 4.39 Å². The molecule has 2 heterocycles. The molecule has 0 bridgehead atoms. The Balaban J connectivity index is 1.95. The Morgan fingerprint density at radius 2 is 2.29 bits per heavy atom. The van der Waals surface area contributed by atoms with E-state index in [-0.39, 0.29) is 0 Å². The zero-order chi connectivity index (χ0) is 9.80. The first kappa shape index (κ1) is 8.74. The molecule has 0 fully saturated rings. The summed E-state index contributed by atoms with van der Waals surface area (Å²) in [4.78, 5) is 6.60. The Kier molecular flexibility index (Phi) is 2.44. The highest BCUT2D eigenvalue weighted by Crippen LogP contribution is 2.06. The van der Waals surface area contributed by atoms with Gasteiger partial charge in [-0.05, 0) is 24.3 Å². The summed E-state index contributed by atoms with van der Waals surface area (Å²) in [5.74, 6) is -0.463. The second-order valence-electron chi connectivity index (χ2n) is 2.92. The van der Waals surface area contributed by atoms with Crippen molar-refractivity contribution < 1.29 is 4.39 Å². The van der Waals surface area contributed by atoms with Gasteiger partial charge < -0.3 is 10.3 Å². The molecule has 2 N–H and O–H groups in total. The van der Waals surface area contributed by atoms with Crippen LogP contribution in [-0.2, 0) is 6.54 Å². The molecular weight excluding hydrogens is 181 g/mol. The lowest BCUT2D eigenvalue weighted by atomic mass is 10.4. The maximum absolute atomic E-state index is 12.5. The molecule has 0 radical (unpaired) electrons. The van der Waals surface area contributed by atoms with Crippen LogP contribution in [0.2, 0.25) is 0 Å². The van der Waals surface area contributed by atoms with Gasteiger partial charge in [0.05, 0.1) is 18.4 Å². The van der Waals surface area contributed by atoms with Gasteiger partial charge in [-0.25, -0.2) is 4.98 Å². The summed E-state index contributed by atoms with van der Waals surface area (Å²) in [6.45, 7) is 0.681. The summed E-state index contributed by atoms with van der Waals surface area (Å²) < 4.78 is 12.5. The summed E-state index contributed by atoms with van der Waals surface area (Å²) in [6, 6.07) is 6.90. The van der Waals surface area contributed by atoms with Crippen molar-refractivity contribution in [3.63, 3.8) is 0 Å². The zero-order valence-corrected chi connectivity index (χ0v) is 7.50. The maximum Gasteiger partial charge on any atom is 0.212 e. The molecule has 2 rings (SSSR count). The number of halogens is 1. The van der Waals surface area contributed by atoms with E-state index in [0.29, 0.717) is 6.54 Å². The number of pyridine rings is 1. The van der Waals surface area contributed by atoms with Crippen LogP contribution < -0.4 is 5.32 Å². The molecule has 0 aliphatic heterocycles. The van der Waals surface area contributed by atoms with Crippen LogP contribution in [0.15, 0.2) is 36.7 Å². The SMILES string of the molecule is Fc1ccc(NCc2ccc[nH]2)cn1. The molecule has 0 unspecified atom stereocenters. The minimum absolute atomic E-state index is 0.463. The molecule has 72 valence electrons. The molecular formula is C10H10FN3. The molecule has 0 atom stereocenters. The smallest absolute Gasteiger partial charge is 0.212 e. The van der Waals surface area contributed by atoms with Crippen LogP contribution in [0, 0.1) is 5.95 Å². The highest BCUT2D eigenvalue weighted by molar-refractivity contribution is 5.40. The van der Waals surface area contributed by atoms with Gasteiger partial charge in [-0.2, -0.15) is 4.39 Å². The fourth-order valence-corrected chi connectivity index (χ4v) is 1.16. The number of nitrogens with zero attached hydrogens (tertiary/aromatic N) is 1. The molecule has 0 saturated heterocycles. The third-order valence-corrected chi connectivity index (χ3v) is 1.87. The molecule has 0 aromatic carbocycles. The van der Waals surface area contributed by atoms with Crippen LogP contribution >= 0.6 is 0 Å². The number of H-pyrrole nitrogens is 1. The molecule has 14 heavy (non-hydrogen) atoms. The van der Waals surface area contributed by atoms with E-state index in [2.05, 4.69) is 15.3 Å². The normalized spacial score (nSPS) is 10.1. The molecule has 0 amide bonds. The summed E-state index contributed by atoms with van der Waals surface area (Å²) in [6.07, 6.45) is 3.33. The topological polar surface area (TPSA) is 40.7 Å². The molecule has 2 aromatic heterocycles. The van der Waals surface area contributed by atoms with Crippen molar-refractivity contribution in [1.29, 1.82) is 0 Å². The van der Waals surface area contributed by atoms with Crippen molar-refractivity contribution in [2.45, 2.75) is 6.54 Å². The highest BCUT2D eigenvalue weighted by atomic mass is 19.1. The second kappa shape index (κ2) is 3.91. The monoisotopic (exact) mass is 191 g/mol. The number of rotatable bonds is 3. The van der Waals surface area contributed by atoms with E-state index < -0.39 is 5.95 Å². The summed E-state index contributed by atoms with van der Waals surface area (Å²) >= 11 is 0.